The van der Waals surface area contributed by atoms with Crippen LogP contribution in [0, 0.1) is 0 Å². The third-order valence-electron chi connectivity index (χ3n) is 3.30. The zero-order valence-corrected chi connectivity index (χ0v) is 13.3. The molecule has 1 aromatic heterocycles. The molecule has 0 aliphatic rings. The monoisotopic (exact) mass is 364 g/mol. The number of fused-ring (bicyclic) bond motifs is 1. The highest BCUT2D eigenvalue weighted by Gasteiger charge is 2.14. The predicted molar refractivity (Wildman–Crippen MR) is 85.8 cm³/mol. The molecule has 2 aromatic carbocycles. The molecule has 0 saturated carbocycles. The lowest BCUT2D eigenvalue weighted by Crippen LogP contribution is -1.96. The van der Waals surface area contributed by atoms with Crippen molar-refractivity contribution < 1.29 is 9.90 Å². The maximum Gasteiger partial charge on any atom is 0.335 e. The molecular weight excluding hydrogens is 356 g/mol. The van der Waals surface area contributed by atoms with Crippen molar-refractivity contribution >= 4 is 44.5 Å². The molecule has 0 bridgehead atoms. The standard InChI is InChI=1S/C15H10BrClN2O2/c1-19-13-5-2-8(15(20)21)6-12(13)18-14(19)10-7-9(16)3-4-11(10)17/h2-7H,1H3,(H,20,21). The molecule has 0 aliphatic heterocycles. The molecule has 3 aromatic rings. The Labute approximate surface area is 134 Å². The molecule has 0 fully saturated rings. The van der Waals surface area contributed by atoms with Gasteiger partial charge in [-0.2, -0.15) is 0 Å². The van der Waals surface area contributed by atoms with Gasteiger partial charge in [0.15, 0.2) is 0 Å². The Morgan fingerprint density at radius 2 is 2.05 bits per heavy atom. The molecule has 0 spiro atoms. The lowest BCUT2D eigenvalue weighted by atomic mass is 10.2. The van der Waals surface area contributed by atoms with Crippen LogP contribution in [0.4, 0.5) is 0 Å². The van der Waals surface area contributed by atoms with E-state index in [0.29, 0.717) is 16.4 Å². The van der Waals surface area contributed by atoms with Crippen molar-refractivity contribution in [2.75, 3.05) is 0 Å². The summed E-state index contributed by atoms with van der Waals surface area (Å²) in [5.41, 5.74) is 2.49. The first-order valence-electron chi connectivity index (χ1n) is 6.12. The molecule has 0 saturated heterocycles. The van der Waals surface area contributed by atoms with Gasteiger partial charge in [-0.3, -0.25) is 0 Å². The average molecular weight is 366 g/mol. The number of rotatable bonds is 2. The summed E-state index contributed by atoms with van der Waals surface area (Å²) in [5.74, 6) is -0.275. The van der Waals surface area contributed by atoms with Gasteiger partial charge in [-0.25, -0.2) is 9.78 Å². The van der Waals surface area contributed by atoms with Crippen molar-refractivity contribution in [1.82, 2.24) is 9.55 Å². The largest absolute Gasteiger partial charge is 0.478 e. The van der Waals surface area contributed by atoms with Crippen molar-refractivity contribution in [3.05, 3.63) is 51.5 Å². The van der Waals surface area contributed by atoms with Crippen molar-refractivity contribution in [1.29, 1.82) is 0 Å². The minimum absolute atomic E-state index is 0.215. The van der Waals surface area contributed by atoms with Crippen LogP contribution in [-0.2, 0) is 7.05 Å². The number of imidazole rings is 1. The van der Waals surface area contributed by atoms with Crippen molar-refractivity contribution in [3.8, 4) is 11.4 Å². The highest BCUT2D eigenvalue weighted by Crippen LogP contribution is 2.32. The molecule has 0 amide bonds. The quantitative estimate of drug-likeness (QED) is 0.734. The van der Waals surface area contributed by atoms with E-state index in [0.717, 1.165) is 15.6 Å². The number of aryl methyl sites for hydroxylation is 1. The Bertz CT molecular complexity index is 873. The number of carboxylic acids is 1. The number of nitrogens with zero attached hydrogens (tertiary/aromatic N) is 2. The van der Waals surface area contributed by atoms with Crippen LogP contribution in [-0.4, -0.2) is 20.6 Å². The van der Waals surface area contributed by atoms with Crippen LogP contribution in [0.25, 0.3) is 22.4 Å². The molecule has 3 rings (SSSR count). The van der Waals surface area contributed by atoms with Gasteiger partial charge < -0.3 is 9.67 Å². The number of hydrogen-bond acceptors (Lipinski definition) is 2. The van der Waals surface area contributed by atoms with E-state index < -0.39 is 5.97 Å². The number of aromatic carboxylic acids is 1. The Kier molecular flexibility index (Phi) is 3.47. The molecule has 0 atom stereocenters. The number of carboxylic acid groups (broad SMARTS) is 1. The van der Waals surface area contributed by atoms with Crippen molar-refractivity contribution in [3.63, 3.8) is 0 Å². The fraction of sp³-hybridized carbons (Fsp3) is 0.0667. The molecule has 21 heavy (non-hydrogen) atoms. The summed E-state index contributed by atoms with van der Waals surface area (Å²) in [6.45, 7) is 0. The number of hydrogen-bond donors (Lipinski definition) is 1. The van der Waals surface area contributed by atoms with E-state index in [2.05, 4.69) is 20.9 Å². The predicted octanol–water partition coefficient (Wildman–Crippen LogP) is 4.35. The van der Waals surface area contributed by atoms with Crippen LogP contribution in [0.15, 0.2) is 40.9 Å². The van der Waals surface area contributed by atoms with Gasteiger partial charge >= 0.3 is 5.97 Å². The van der Waals surface area contributed by atoms with Crippen molar-refractivity contribution in [2.24, 2.45) is 7.05 Å². The van der Waals surface area contributed by atoms with Crippen LogP contribution in [0.1, 0.15) is 10.4 Å². The number of benzene rings is 2. The van der Waals surface area contributed by atoms with Gasteiger partial charge in [0, 0.05) is 17.1 Å². The number of aromatic nitrogens is 2. The van der Waals surface area contributed by atoms with E-state index in [1.165, 1.54) is 0 Å². The van der Waals surface area contributed by atoms with Gasteiger partial charge in [-0.15, -0.1) is 0 Å². The number of carbonyl (C=O) groups is 1. The van der Waals surface area contributed by atoms with Gasteiger partial charge in [0.25, 0.3) is 0 Å². The Hall–Kier alpha value is -1.85. The molecule has 0 aliphatic carbocycles. The highest BCUT2D eigenvalue weighted by atomic mass is 79.9. The first-order valence-corrected chi connectivity index (χ1v) is 7.29. The second-order valence-corrected chi connectivity index (χ2v) is 5.95. The summed E-state index contributed by atoms with van der Waals surface area (Å²) in [7, 11) is 1.88. The molecule has 1 N–H and O–H groups in total. The van der Waals surface area contributed by atoms with Crippen LogP contribution in [0.3, 0.4) is 0 Å². The summed E-state index contributed by atoms with van der Waals surface area (Å²) < 4.78 is 2.80. The lowest BCUT2D eigenvalue weighted by Gasteiger charge is -2.05. The Morgan fingerprint density at radius 1 is 1.29 bits per heavy atom. The lowest BCUT2D eigenvalue weighted by molar-refractivity contribution is 0.0697. The van der Waals surface area contributed by atoms with Crippen molar-refractivity contribution in [2.45, 2.75) is 0 Å². The normalized spacial score (nSPS) is 11.0. The minimum atomic E-state index is -0.968. The van der Waals surface area contributed by atoms with Crippen LogP contribution in [0.5, 0.6) is 0 Å². The average Bonchev–Trinajstić information content (AvgIpc) is 2.78. The summed E-state index contributed by atoms with van der Waals surface area (Å²) in [5, 5.41) is 9.65. The van der Waals surface area contributed by atoms with E-state index in [4.69, 9.17) is 16.7 Å². The summed E-state index contributed by atoms with van der Waals surface area (Å²) in [4.78, 5) is 15.6. The van der Waals surface area contributed by atoms with Gasteiger partial charge in [0.05, 0.1) is 21.6 Å². The zero-order valence-electron chi connectivity index (χ0n) is 11.0. The first-order chi connectivity index (χ1) is 9.97. The topological polar surface area (TPSA) is 55.1 Å². The van der Waals surface area contributed by atoms with Crippen LogP contribution >= 0.6 is 27.5 Å². The maximum atomic E-state index is 11.0. The molecule has 0 unspecified atom stereocenters. The summed E-state index contributed by atoms with van der Waals surface area (Å²) in [6, 6.07) is 10.4. The van der Waals surface area contributed by atoms with Gasteiger partial charge in [-0.05, 0) is 36.4 Å². The van der Waals surface area contributed by atoms with Gasteiger partial charge in [0.1, 0.15) is 5.82 Å². The first kappa shape index (κ1) is 14.1. The Balaban J connectivity index is 2.26. The summed E-state index contributed by atoms with van der Waals surface area (Å²) >= 11 is 9.66. The fourth-order valence-electron chi connectivity index (χ4n) is 2.24. The van der Waals surface area contributed by atoms with Gasteiger partial charge in [-0.1, -0.05) is 27.5 Å². The smallest absolute Gasteiger partial charge is 0.335 e. The van der Waals surface area contributed by atoms with E-state index >= 15 is 0 Å². The number of halogens is 2. The molecule has 0 radical (unpaired) electrons. The SMILES string of the molecule is Cn1c(-c2cc(Br)ccc2Cl)nc2cc(C(=O)O)ccc21. The minimum Gasteiger partial charge on any atom is -0.478 e. The van der Waals surface area contributed by atoms with E-state index in [1.807, 2.05) is 23.7 Å². The Morgan fingerprint density at radius 3 is 2.76 bits per heavy atom. The molecular formula is C15H10BrClN2O2. The zero-order chi connectivity index (χ0) is 15.1. The molecule has 6 heteroatoms. The van der Waals surface area contributed by atoms with E-state index in [1.54, 1.807) is 24.3 Å². The molecule has 106 valence electrons. The second-order valence-electron chi connectivity index (χ2n) is 4.63. The third kappa shape index (κ3) is 2.43. The molecule has 4 nitrogen and oxygen atoms in total. The van der Waals surface area contributed by atoms with E-state index in [-0.39, 0.29) is 5.56 Å². The van der Waals surface area contributed by atoms with Crippen LogP contribution < -0.4 is 0 Å². The third-order valence-corrected chi connectivity index (χ3v) is 4.12. The fourth-order valence-corrected chi connectivity index (χ4v) is 2.81. The van der Waals surface area contributed by atoms with Gasteiger partial charge in [0.2, 0.25) is 0 Å². The maximum absolute atomic E-state index is 11.0. The second kappa shape index (κ2) is 5.16. The van der Waals surface area contributed by atoms with E-state index in [9.17, 15) is 4.79 Å². The summed E-state index contributed by atoms with van der Waals surface area (Å²) in [6.07, 6.45) is 0. The van der Waals surface area contributed by atoms with Crippen LogP contribution in [0.2, 0.25) is 5.02 Å². The highest BCUT2D eigenvalue weighted by molar-refractivity contribution is 9.10. The molecule has 1 heterocycles.